The van der Waals surface area contributed by atoms with Crippen molar-refractivity contribution in [1.82, 2.24) is 0 Å². The number of halogens is 2. The van der Waals surface area contributed by atoms with Crippen LogP contribution >= 0.6 is 11.6 Å². The molecule has 22 heavy (non-hydrogen) atoms. The zero-order chi connectivity index (χ0) is 16.1. The van der Waals surface area contributed by atoms with Crippen molar-refractivity contribution in [2.45, 2.75) is 0 Å². The average Bonchev–Trinajstić information content (AvgIpc) is 2.45. The van der Waals surface area contributed by atoms with Crippen LogP contribution in [-0.4, -0.2) is 26.6 Å². The molecule has 0 heterocycles. The molecule has 0 bridgehead atoms. The summed E-state index contributed by atoms with van der Waals surface area (Å²) in [5, 5.41) is 3.25. The van der Waals surface area contributed by atoms with E-state index in [1.54, 1.807) is 18.2 Å². The normalized spacial score (nSPS) is 10.2. The molecule has 0 saturated carbocycles. The van der Waals surface area contributed by atoms with Gasteiger partial charge in [0.05, 0.1) is 11.4 Å². The lowest BCUT2D eigenvalue weighted by Crippen LogP contribution is -2.22. The van der Waals surface area contributed by atoms with E-state index in [2.05, 4.69) is 5.32 Å². The van der Waals surface area contributed by atoms with Crippen LogP contribution in [0.15, 0.2) is 42.5 Å². The molecule has 0 aliphatic carbocycles. The van der Waals surface area contributed by atoms with Crippen LogP contribution in [-0.2, 0) is 4.79 Å². The Bertz CT molecular complexity index is 677. The maximum Gasteiger partial charge on any atom is 0.262 e. The minimum atomic E-state index is -0.414. The molecule has 0 atom stereocenters. The summed E-state index contributed by atoms with van der Waals surface area (Å²) in [5.41, 5.74) is 1.41. The van der Waals surface area contributed by atoms with Gasteiger partial charge in [-0.25, -0.2) is 4.39 Å². The molecule has 0 aromatic heterocycles. The fraction of sp³-hybridized carbons (Fsp3) is 0.188. The van der Waals surface area contributed by atoms with E-state index < -0.39 is 5.82 Å². The van der Waals surface area contributed by atoms with E-state index >= 15 is 0 Å². The Morgan fingerprint density at radius 2 is 2.05 bits per heavy atom. The van der Waals surface area contributed by atoms with Crippen molar-refractivity contribution >= 4 is 28.9 Å². The number of amides is 1. The van der Waals surface area contributed by atoms with E-state index in [1.807, 2.05) is 25.1 Å². The molecule has 0 aliphatic rings. The van der Waals surface area contributed by atoms with Crippen molar-refractivity contribution in [3.8, 4) is 5.75 Å². The van der Waals surface area contributed by atoms with Gasteiger partial charge in [0.25, 0.3) is 5.91 Å². The lowest BCUT2D eigenvalue weighted by atomic mass is 10.2. The van der Waals surface area contributed by atoms with E-state index in [0.29, 0.717) is 16.5 Å². The lowest BCUT2D eigenvalue weighted by Gasteiger charge is -2.18. The maximum atomic E-state index is 13.0. The second-order valence-corrected chi connectivity index (χ2v) is 5.29. The first-order valence-corrected chi connectivity index (χ1v) is 6.98. The number of rotatable bonds is 5. The van der Waals surface area contributed by atoms with Gasteiger partial charge in [0.1, 0.15) is 11.6 Å². The molecule has 4 nitrogen and oxygen atoms in total. The third-order valence-electron chi connectivity index (χ3n) is 2.88. The van der Waals surface area contributed by atoms with E-state index in [-0.39, 0.29) is 12.5 Å². The summed E-state index contributed by atoms with van der Waals surface area (Å²) in [7, 11) is 3.73. The molecule has 0 aliphatic heterocycles. The summed E-state index contributed by atoms with van der Waals surface area (Å²) in [5.74, 6) is -0.466. The lowest BCUT2D eigenvalue weighted by molar-refractivity contribution is -0.118. The van der Waals surface area contributed by atoms with Crippen molar-refractivity contribution in [1.29, 1.82) is 0 Å². The fourth-order valence-electron chi connectivity index (χ4n) is 1.89. The van der Waals surface area contributed by atoms with Gasteiger partial charge in [0.15, 0.2) is 6.61 Å². The maximum absolute atomic E-state index is 13.0. The number of benzene rings is 2. The van der Waals surface area contributed by atoms with E-state index in [0.717, 1.165) is 5.69 Å². The summed E-state index contributed by atoms with van der Waals surface area (Å²) < 4.78 is 18.3. The highest BCUT2D eigenvalue weighted by Crippen LogP contribution is 2.27. The van der Waals surface area contributed by atoms with Crippen LogP contribution in [0.4, 0.5) is 15.8 Å². The molecule has 2 aromatic rings. The van der Waals surface area contributed by atoms with Gasteiger partial charge in [-0.2, -0.15) is 0 Å². The third kappa shape index (κ3) is 4.36. The summed E-state index contributed by atoms with van der Waals surface area (Å²) in [6.45, 7) is -0.219. The topological polar surface area (TPSA) is 41.6 Å². The Morgan fingerprint density at radius 1 is 1.27 bits per heavy atom. The van der Waals surface area contributed by atoms with Crippen LogP contribution in [0.1, 0.15) is 0 Å². The van der Waals surface area contributed by atoms with Gasteiger partial charge >= 0.3 is 0 Å². The molecule has 0 fully saturated rings. The van der Waals surface area contributed by atoms with E-state index in [1.165, 1.54) is 18.2 Å². The summed E-state index contributed by atoms with van der Waals surface area (Å²) in [4.78, 5) is 13.8. The first kappa shape index (κ1) is 16.1. The summed E-state index contributed by atoms with van der Waals surface area (Å²) in [6, 6.07) is 10.9. The molecule has 0 unspecified atom stereocenters. The minimum absolute atomic E-state index is 0.219. The van der Waals surface area contributed by atoms with Crippen LogP contribution in [0.2, 0.25) is 5.02 Å². The van der Waals surface area contributed by atoms with E-state index in [4.69, 9.17) is 16.3 Å². The van der Waals surface area contributed by atoms with Gasteiger partial charge in [-0.15, -0.1) is 0 Å². The number of anilines is 2. The van der Waals surface area contributed by atoms with Crippen molar-refractivity contribution in [3.05, 3.63) is 53.3 Å². The van der Waals surface area contributed by atoms with Gasteiger partial charge in [-0.3, -0.25) is 4.79 Å². The molecule has 0 spiro atoms. The van der Waals surface area contributed by atoms with Crippen molar-refractivity contribution in [2.75, 3.05) is 30.9 Å². The number of carbonyl (C=O) groups excluding carboxylic acids is 1. The Balaban J connectivity index is 2.01. The quantitative estimate of drug-likeness (QED) is 0.915. The van der Waals surface area contributed by atoms with Gasteiger partial charge < -0.3 is 15.0 Å². The van der Waals surface area contributed by atoms with Crippen molar-refractivity contribution in [3.63, 3.8) is 0 Å². The first-order chi connectivity index (χ1) is 10.5. The Morgan fingerprint density at radius 3 is 2.73 bits per heavy atom. The molecule has 6 heteroatoms. The average molecular weight is 323 g/mol. The number of nitrogens with zero attached hydrogens (tertiary/aromatic N) is 1. The van der Waals surface area contributed by atoms with Gasteiger partial charge in [-0.1, -0.05) is 17.7 Å². The molecule has 1 N–H and O–H groups in total. The molecule has 2 aromatic carbocycles. The Hall–Kier alpha value is -2.27. The highest BCUT2D eigenvalue weighted by atomic mass is 35.5. The predicted molar refractivity (Wildman–Crippen MR) is 86.3 cm³/mol. The predicted octanol–water partition coefficient (Wildman–Crippen LogP) is 3.56. The van der Waals surface area contributed by atoms with Crippen molar-refractivity contribution in [2.24, 2.45) is 0 Å². The number of ether oxygens (including phenoxy) is 1. The van der Waals surface area contributed by atoms with Crippen LogP contribution < -0.4 is 15.0 Å². The standard InChI is InChI=1S/C16H16ClFN2O2/c1-20(2)15-7-6-11(17)8-14(15)19-16(21)10-22-13-5-3-4-12(18)9-13/h3-9H,10H2,1-2H3,(H,19,21). The van der Waals surface area contributed by atoms with Crippen LogP contribution in [0.25, 0.3) is 0 Å². The highest BCUT2D eigenvalue weighted by molar-refractivity contribution is 6.31. The summed E-state index contributed by atoms with van der Waals surface area (Å²) >= 11 is 5.95. The number of carbonyl (C=O) groups is 1. The molecule has 2 rings (SSSR count). The number of hydrogen-bond acceptors (Lipinski definition) is 3. The fourth-order valence-corrected chi connectivity index (χ4v) is 2.06. The molecule has 1 amide bonds. The van der Waals surface area contributed by atoms with Gasteiger partial charge in [-0.05, 0) is 30.3 Å². The Labute approximate surface area is 133 Å². The highest BCUT2D eigenvalue weighted by Gasteiger charge is 2.10. The zero-order valence-electron chi connectivity index (χ0n) is 12.3. The van der Waals surface area contributed by atoms with Crippen LogP contribution in [0.5, 0.6) is 5.75 Å². The minimum Gasteiger partial charge on any atom is -0.484 e. The molecular weight excluding hydrogens is 307 g/mol. The zero-order valence-corrected chi connectivity index (χ0v) is 13.0. The smallest absolute Gasteiger partial charge is 0.262 e. The van der Waals surface area contributed by atoms with E-state index in [9.17, 15) is 9.18 Å². The molecule has 0 radical (unpaired) electrons. The molecule has 0 saturated heterocycles. The van der Waals surface area contributed by atoms with Crippen LogP contribution in [0, 0.1) is 5.82 Å². The first-order valence-electron chi connectivity index (χ1n) is 6.61. The van der Waals surface area contributed by atoms with Crippen LogP contribution in [0.3, 0.4) is 0 Å². The second-order valence-electron chi connectivity index (χ2n) is 4.85. The second kappa shape index (κ2) is 7.13. The monoisotopic (exact) mass is 322 g/mol. The molecular formula is C16H16ClFN2O2. The number of hydrogen-bond donors (Lipinski definition) is 1. The number of nitrogens with one attached hydrogen (secondary N) is 1. The molecule has 116 valence electrons. The van der Waals surface area contributed by atoms with Gasteiger partial charge in [0.2, 0.25) is 0 Å². The van der Waals surface area contributed by atoms with Crippen molar-refractivity contribution < 1.29 is 13.9 Å². The SMILES string of the molecule is CN(C)c1ccc(Cl)cc1NC(=O)COc1cccc(F)c1. The van der Waals surface area contributed by atoms with Gasteiger partial charge in [0, 0.05) is 25.2 Å². The largest absolute Gasteiger partial charge is 0.484 e. The third-order valence-corrected chi connectivity index (χ3v) is 3.12. The Kier molecular flexibility index (Phi) is 5.22. The summed E-state index contributed by atoms with van der Waals surface area (Å²) in [6.07, 6.45) is 0.